The second-order valence-electron chi connectivity index (χ2n) is 5.09. The van der Waals surface area contributed by atoms with Gasteiger partial charge in [0.2, 0.25) is 0 Å². The van der Waals surface area contributed by atoms with Crippen molar-refractivity contribution < 1.29 is 9.21 Å². The summed E-state index contributed by atoms with van der Waals surface area (Å²) < 4.78 is 5.77. The molecule has 1 aliphatic carbocycles. The van der Waals surface area contributed by atoms with Gasteiger partial charge in [-0.15, -0.1) is 4.91 Å². The number of allylic oxidation sites excluding steroid dienone is 2. The van der Waals surface area contributed by atoms with Crippen LogP contribution in [0.15, 0.2) is 56.9 Å². The molecule has 1 aromatic rings. The molecule has 0 atom stereocenters. The Morgan fingerprint density at radius 3 is 2.74 bits per heavy atom. The van der Waals surface area contributed by atoms with E-state index in [4.69, 9.17) is 4.42 Å². The van der Waals surface area contributed by atoms with Crippen LogP contribution < -0.4 is 5.43 Å². The fourth-order valence-corrected chi connectivity index (χ4v) is 2.72. The highest BCUT2D eigenvalue weighted by molar-refractivity contribution is 6.00. The fourth-order valence-electron chi connectivity index (χ4n) is 2.72. The summed E-state index contributed by atoms with van der Waals surface area (Å²) in [5.41, 5.74) is 2.92. The van der Waals surface area contributed by atoms with Gasteiger partial charge in [0, 0.05) is 29.5 Å². The minimum Gasteiger partial charge on any atom is -0.456 e. The van der Waals surface area contributed by atoms with Crippen molar-refractivity contribution in [3.8, 4) is 11.3 Å². The summed E-state index contributed by atoms with van der Waals surface area (Å²) in [6.07, 6.45) is 2.94. The van der Waals surface area contributed by atoms with E-state index in [1.54, 1.807) is 18.2 Å². The standard InChI is InChI=1S/C18H13NO4/c1-2-11(7-8-20)18-14-5-3-12(19-22)9-16(14)23-17-10-13(21)4-6-15(17)18/h2-6,8-10H,7H2,1H3/b11-2+. The highest BCUT2D eigenvalue weighted by Gasteiger charge is 2.18. The lowest BCUT2D eigenvalue weighted by Gasteiger charge is -2.16. The highest BCUT2D eigenvalue weighted by atomic mass is 16.3. The third-order valence-electron chi connectivity index (χ3n) is 3.76. The third kappa shape index (κ3) is 2.57. The smallest absolute Gasteiger partial charge is 0.182 e. The number of nitroso groups, excluding NO2 is 1. The Hall–Kier alpha value is -3.08. The van der Waals surface area contributed by atoms with Crippen molar-refractivity contribution in [1.82, 2.24) is 0 Å². The minimum atomic E-state index is -0.173. The van der Waals surface area contributed by atoms with E-state index in [-0.39, 0.29) is 17.5 Å². The van der Waals surface area contributed by atoms with Crippen molar-refractivity contribution in [2.75, 3.05) is 0 Å². The molecule has 0 fully saturated rings. The van der Waals surface area contributed by atoms with Crippen molar-refractivity contribution in [3.05, 3.63) is 63.2 Å². The fraction of sp³-hybridized carbons (Fsp3) is 0.111. The molecule has 0 unspecified atom stereocenters. The molecule has 0 amide bonds. The van der Waals surface area contributed by atoms with Crippen molar-refractivity contribution in [1.29, 1.82) is 0 Å². The van der Waals surface area contributed by atoms with Crippen LogP contribution in [0.1, 0.15) is 18.9 Å². The molecule has 23 heavy (non-hydrogen) atoms. The number of hydrogen-bond donors (Lipinski definition) is 0. The maximum atomic E-state index is 11.6. The maximum absolute atomic E-state index is 11.6. The summed E-state index contributed by atoms with van der Waals surface area (Å²) in [5, 5.41) is 3.67. The van der Waals surface area contributed by atoms with Gasteiger partial charge in [0.25, 0.3) is 0 Å². The van der Waals surface area contributed by atoms with Crippen LogP contribution in [0, 0.1) is 4.91 Å². The van der Waals surface area contributed by atoms with E-state index in [0.717, 1.165) is 28.4 Å². The molecule has 2 aliphatic rings. The molecule has 0 bridgehead atoms. The number of hydrogen-bond acceptors (Lipinski definition) is 5. The molecule has 3 rings (SSSR count). The van der Waals surface area contributed by atoms with Gasteiger partial charge in [-0.1, -0.05) is 6.08 Å². The summed E-state index contributed by atoms with van der Waals surface area (Å²) in [5.74, 6) is 0.410. The van der Waals surface area contributed by atoms with Crippen LogP contribution in [0.25, 0.3) is 27.9 Å². The number of carbonyl (C=O) groups is 1. The zero-order valence-electron chi connectivity index (χ0n) is 12.4. The summed E-state index contributed by atoms with van der Waals surface area (Å²) in [7, 11) is 0. The number of benzene rings is 2. The van der Waals surface area contributed by atoms with Crippen LogP contribution in [-0.2, 0) is 4.79 Å². The molecule has 0 aromatic heterocycles. The van der Waals surface area contributed by atoms with Crippen LogP contribution >= 0.6 is 0 Å². The van der Waals surface area contributed by atoms with Crippen LogP contribution in [-0.4, -0.2) is 6.29 Å². The Bertz CT molecular complexity index is 968. The normalized spacial score (nSPS) is 11.8. The zero-order valence-corrected chi connectivity index (χ0v) is 12.4. The molecular formula is C18H13NO4. The van der Waals surface area contributed by atoms with Gasteiger partial charge in [0.05, 0.1) is 0 Å². The van der Waals surface area contributed by atoms with Crippen molar-refractivity contribution in [3.63, 3.8) is 0 Å². The van der Waals surface area contributed by atoms with E-state index in [9.17, 15) is 14.5 Å². The third-order valence-corrected chi connectivity index (χ3v) is 3.76. The van der Waals surface area contributed by atoms with E-state index in [1.807, 2.05) is 13.0 Å². The molecule has 5 nitrogen and oxygen atoms in total. The van der Waals surface area contributed by atoms with E-state index in [1.165, 1.54) is 18.2 Å². The van der Waals surface area contributed by atoms with Crippen LogP contribution in [0.4, 0.5) is 5.69 Å². The lowest BCUT2D eigenvalue weighted by atomic mass is 9.92. The quantitative estimate of drug-likeness (QED) is 0.409. The summed E-state index contributed by atoms with van der Waals surface area (Å²) >= 11 is 0. The van der Waals surface area contributed by atoms with E-state index in [2.05, 4.69) is 5.18 Å². The maximum Gasteiger partial charge on any atom is 0.182 e. The number of rotatable bonds is 4. The second kappa shape index (κ2) is 5.96. The molecule has 0 saturated carbocycles. The summed E-state index contributed by atoms with van der Waals surface area (Å²) in [4.78, 5) is 33.4. The SMILES string of the molecule is C/C=C(\CC=O)c1c2ccc(=O)cc-2oc2cc(N=O)ccc12. The molecule has 114 valence electrons. The van der Waals surface area contributed by atoms with Gasteiger partial charge in [-0.25, -0.2) is 0 Å². The Kier molecular flexibility index (Phi) is 3.85. The van der Waals surface area contributed by atoms with Gasteiger partial charge in [-0.3, -0.25) is 4.79 Å². The van der Waals surface area contributed by atoms with Crippen molar-refractivity contribution >= 4 is 28.5 Å². The Balaban J connectivity index is 2.48. The topological polar surface area (TPSA) is 76.7 Å². The summed E-state index contributed by atoms with van der Waals surface area (Å²) in [6, 6.07) is 9.41. The molecule has 5 heteroatoms. The molecule has 1 aromatic carbocycles. The van der Waals surface area contributed by atoms with Gasteiger partial charge in [-0.2, -0.15) is 0 Å². The first-order valence-electron chi connectivity index (χ1n) is 7.11. The lowest BCUT2D eigenvalue weighted by Crippen LogP contribution is -2.01. The first-order chi connectivity index (χ1) is 11.2. The van der Waals surface area contributed by atoms with Crippen LogP contribution in [0.3, 0.4) is 0 Å². The Morgan fingerprint density at radius 2 is 2.04 bits per heavy atom. The van der Waals surface area contributed by atoms with Crippen molar-refractivity contribution in [2.45, 2.75) is 13.3 Å². The predicted molar refractivity (Wildman–Crippen MR) is 88.9 cm³/mol. The average molecular weight is 307 g/mol. The van der Waals surface area contributed by atoms with Gasteiger partial charge in [0.1, 0.15) is 23.3 Å². The first-order valence-corrected chi connectivity index (χ1v) is 7.11. The molecule has 0 radical (unpaired) electrons. The lowest BCUT2D eigenvalue weighted by molar-refractivity contribution is -0.107. The average Bonchev–Trinajstić information content (AvgIpc) is 2.57. The van der Waals surface area contributed by atoms with Crippen molar-refractivity contribution in [2.24, 2.45) is 5.18 Å². The largest absolute Gasteiger partial charge is 0.456 e. The predicted octanol–water partition coefficient (Wildman–Crippen LogP) is 4.29. The molecular weight excluding hydrogens is 294 g/mol. The van der Waals surface area contributed by atoms with Gasteiger partial charge >= 0.3 is 0 Å². The van der Waals surface area contributed by atoms with E-state index >= 15 is 0 Å². The molecule has 1 aliphatic heterocycles. The molecule has 0 spiro atoms. The Morgan fingerprint density at radius 1 is 1.22 bits per heavy atom. The summed E-state index contributed by atoms with van der Waals surface area (Å²) in [6.45, 7) is 1.85. The van der Waals surface area contributed by atoms with Gasteiger partial charge < -0.3 is 9.21 Å². The highest BCUT2D eigenvalue weighted by Crippen LogP contribution is 2.38. The molecule has 1 heterocycles. The molecule has 0 N–H and O–H groups in total. The van der Waals surface area contributed by atoms with Crippen LogP contribution in [0.5, 0.6) is 0 Å². The number of aldehydes is 1. The Labute approximate surface area is 131 Å². The zero-order chi connectivity index (χ0) is 16.4. The van der Waals surface area contributed by atoms with Gasteiger partial charge in [-0.05, 0) is 47.5 Å². The van der Waals surface area contributed by atoms with Crippen LogP contribution in [0.2, 0.25) is 0 Å². The number of fused-ring (bicyclic) bond motifs is 2. The number of carbonyl (C=O) groups excluding carboxylic acids is 1. The van der Waals surface area contributed by atoms with E-state index < -0.39 is 0 Å². The molecule has 0 saturated heterocycles. The first kappa shape index (κ1) is 14.8. The van der Waals surface area contributed by atoms with Gasteiger partial charge in [0.15, 0.2) is 5.43 Å². The number of nitrogens with zero attached hydrogens (tertiary/aromatic N) is 1. The van der Waals surface area contributed by atoms with E-state index in [0.29, 0.717) is 11.3 Å². The monoisotopic (exact) mass is 307 g/mol. The second-order valence-corrected chi connectivity index (χ2v) is 5.09. The minimum absolute atomic E-state index is 0.173.